The molecule has 2 heterocycles. The van der Waals surface area contributed by atoms with Gasteiger partial charge in [-0.2, -0.15) is 4.98 Å². The average Bonchev–Trinajstić information content (AvgIpc) is 2.60. The fourth-order valence-electron chi connectivity index (χ4n) is 2.45. The van der Waals surface area contributed by atoms with E-state index in [1.165, 1.54) is 5.56 Å². The van der Waals surface area contributed by atoms with Crippen molar-refractivity contribution < 1.29 is 9.47 Å². The van der Waals surface area contributed by atoms with Gasteiger partial charge >= 0.3 is 0 Å². The number of methoxy groups -OCH3 is 1. The summed E-state index contributed by atoms with van der Waals surface area (Å²) in [5.41, 5.74) is 1.18. The van der Waals surface area contributed by atoms with Crippen LogP contribution in [0.3, 0.4) is 0 Å². The van der Waals surface area contributed by atoms with Gasteiger partial charge in [0.25, 0.3) is 0 Å². The molecule has 2 aromatic heterocycles. The van der Waals surface area contributed by atoms with Gasteiger partial charge in [-0.3, -0.25) is 9.88 Å². The Bertz CT molecular complexity index is 619. The van der Waals surface area contributed by atoms with Gasteiger partial charge < -0.3 is 9.47 Å². The minimum absolute atomic E-state index is 0.0317. The van der Waals surface area contributed by atoms with Crippen molar-refractivity contribution >= 4 is 0 Å². The van der Waals surface area contributed by atoms with Gasteiger partial charge in [0.1, 0.15) is 6.10 Å². The zero-order valence-electron chi connectivity index (χ0n) is 14.4. The first kappa shape index (κ1) is 17.9. The molecule has 0 aliphatic heterocycles. The van der Waals surface area contributed by atoms with Crippen LogP contribution in [0.4, 0.5) is 0 Å². The quantitative estimate of drug-likeness (QED) is 0.626. The molecule has 0 spiro atoms. The number of ether oxygens (including phenoxy) is 2. The molecule has 0 N–H and O–H groups in total. The molecule has 5 heteroatoms. The van der Waals surface area contributed by atoms with Crippen molar-refractivity contribution in [1.82, 2.24) is 14.9 Å². The molecule has 2 aromatic rings. The Hall–Kier alpha value is -2.40. The van der Waals surface area contributed by atoms with Crippen molar-refractivity contribution in [2.75, 3.05) is 20.7 Å². The summed E-state index contributed by atoms with van der Waals surface area (Å²) in [6.07, 6.45) is 7.41. The van der Waals surface area contributed by atoms with Crippen molar-refractivity contribution in [2.24, 2.45) is 0 Å². The maximum atomic E-state index is 6.07. The standard InChI is InChI=1S/C19H25N3O2/c1-4-5-9-17(24-19-11-6-10-18(21-19)23-3)15-22(2)14-16-8-7-12-20-13-16/h4,6-8,10-13,17H,1,5,9,14-15H2,2-3H3/t17-/m1/s1. The van der Waals surface area contributed by atoms with Gasteiger partial charge in [-0.25, -0.2) is 0 Å². The minimum atomic E-state index is 0.0317. The lowest BCUT2D eigenvalue weighted by atomic mass is 10.1. The topological polar surface area (TPSA) is 47.5 Å². The Morgan fingerprint density at radius 2 is 2.08 bits per heavy atom. The monoisotopic (exact) mass is 327 g/mol. The molecule has 24 heavy (non-hydrogen) atoms. The van der Waals surface area contributed by atoms with Crippen molar-refractivity contribution in [3.63, 3.8) is 0 Å². The van der Waals surface area contributed by atoms with Gasteiger partial charge in [0.15, 0.2) is 0 Å². The molecule has 0 saturated carbocycles. The van der Waals surface area contributed by atoms with Gasteiger partial charge in [0.05, 0.1) is 7.11 Å². The highest BCUT2D eigenvalue weighted by atomic mass is 16.5. The van der Waals surface area contributed by atoms with E-state index in [2.05, 4.69) is 34.6 Å². The molecule has 0 aliphatic carbocycles. The number of hydrogen-bond acceptors (Lipinski definition) is 5. The van der Waals surface area contributed by atoms with Crippen LogP contribution in [0.25, 0.3) is 0 Å². The van der Waals surface area contributed by atoms with E-state index in [0.717, 1.165) is 25.9 Å². The summed E-state index contributed by atoms with van der Waals surface area (Å²) in [4.78, 5) is 10.7. The molecule has 128 valence electrons. The first-order chi connectivity index (χ1) is 11.7. The summed E-state index contributed by atoms with van der Waals surface area (Å²) in [5.74, 6) is 1.14. The van der Waals surface area contributed by atoms with Gasteiger partial charge in [0, 0.05) is 37.6 Å². The van der Waals surface area contributed by atoms with E-state index < -0.39 is 0 Å². The van der Waals surface area contributed by atoms with Crippen LogP contribution in [-0.4, -0.2) is 41.7 Å². The normalized spacial score (nSPS) is 12.0. The van der Waals surface area contributed by atoms with Crippen LogP contribution in [0.1, 0.15) is 18.4 Å². The van der Waals surface area contributed by atoms with Crippen LogP contribution >= 0.6 is 0 Å². The lowest BCUT2D eigenvalue weighted by molar-refractivity contribution is 0.131. The summed E-state index contributed by atoms with van der Waals surface area (Å²) >= 11 is 0. The van der Waals surface area contributed by atoms with E-state index in [1.54, 1.807) is 19.4 Å². The van der Waals surface area contributed by atoms with Crippen LogP contribution in [0, 0.1) is 0 Å². The SMILES string of the molecule is C=CCC[C@H](CN(C)Cc1cccnc1)Oc1cccc(OC)n1. The van der Waals surface area contributed by atoms with Crippen molar-refractivity contribution in [3.8, 4) is 11.8 Å². The second-order valence-corrected chi connectivity index (χ2v) is 5.68. The highest BCUT2D eigenvalue weighted by Gasteiger charge is 2.14. The Labute approximate surface area is 144 Å². The number of pyridine rings is 2. The Morgan fingerprint density at radius 1 is 1.25 bits per heavy atom. The van der Waals surface area contributed by atoms with E-state index in [0.29, 0.717) is 11.8 Å². The van der Waals surface area contributed by atoms with Crippen LogP contribution < -0.4 is 9.47 Å². The second-order valence-electron chi connectivity index (χ2n) is 5.68. The van der Waals surface area contributed by atoms with Crippen LogP contribution in [0.5, 0.6) is 11.8 Å². The van der Waals surface area contributed by atoms with Crippen LogP contribution in [0.15, 0.2) is 55.4 Å². The lowest BCUT2D eigenvalue weighted by Crippen LogP contribution is -2.33. The number of rotatable bonds is 10. The van der Waals surface area contributed by atoms with Gasteiger partial charge in [-0.15, -0.1) is 6.58 Å². The smallest absolute Gasteiger partial charge is 0.216 e. The second kappa shape index (κ2) is 9.67. The van der Waals surface area contributed by atoms with Crippen molar-refractivity contribution in [1.29, 1.82) is 0 Å². The number of aromatic nitrogens is 2. The zero-order valence-corrected chi connectivity index (χ0v) is 14.4. The number of nitrogens with zero attached hydrogens (tertiary/aromatic N) is 3. The molecule has 0 radical (unpaired) electrons. The predicted molar refractivity (Wildman–Crippen MR) is 95.2 cm³/mol. The van der Waals surface area contributed by atoms with E-state index in [-0.39, 0.29) is 6.10 Å². The zero-order chi connectivity index (χ0) is 17.2. The molecule has 0 unspecified atom stereocenters. The summed E-state index contributed by atoms with van der Waals surface area (Å²) in [5, 5.41) is 0. The number of allylic oxidation sites excluding steroid dienone is 1. The fourth-order valence-corrected chi connectivity index (χ4v) is 2.45. The maximum Gasteiger partial charge on any atom is 0.216 e. The molecule has 0 amide bonds. The summed E-state index contributed by atoms with van der Waals surface area (Å²) in [6.45, 7) is 5.42. The highest BCUT2D eigenvalue weighted by Crippen LogP contribution is 2.17. The van der Waals surface area contributed by atoms with Gasteiger partial charge in [-0.1, -0.05) is 18.2 Å². The molecule has 0 fully saturated rings. The minimum Gasteiger partial charge on any atom is -0.481 e. The molecule has 0 saturated heterocycles. The summed E-state index contributed by atoms with van der Waals surface area (Å²) in [7, 11) is 3.68. The summed E-state index contributed by atoms with van der Waals surface area (Å²) < 4.78 is 11.2. The number of likely N-dealkylation sites (N-methyl/N-ethyl adjacent to an activating group) is 1. The third-order valence-corrected chi connectivity index (χ3v) is 3.58. The number of hydrogen-bond donors (Lipinski definition) is 0. The van der Waals surface area contributed by atoms with E-state index in [1.807, 2.05) is 30.5 Å². The van der Waals surface area contributed by atoms with E-state index >= 15 is 0 Å². The Kier molecular flexibility index (Phi) is 7.23. The lowest BCUT2D eigenvalue weighted by Gasteiger charge is -2.24. The fraction of sp³-hybridized carbons (Fsp3) is 0.368. The van der Waals surface area contributed by atoms with Gasteiger partial charge in [0.2, 0.25) is 11.8 Å². The molecule has 2 rings (SSSR count). The molecular weight excluding hydrogens is 302 g/mol. The molecule has 0 bridgehead atoms. The first-order valence-electron chi connectivity index (χ1n) is 8.07. The van der Waals surface area contributed by atoms with E-state index in [4.69, 9.17) is 9.47 Å². The molecule has 0 aliphatic rings. The van der Waals surface area contributed by atoms with Gasteiger partial charge in [-0.05, 0) is 31.5 Å². The Morgan fingerprint density at radius 3 is 2.79 bits per heavy atom. The van der Waals surface area contributed by atoms with Crippen LogP contribution in [0.2, 0.25) is 0 Å². The molecule has 0 aromatic carbocycles. The first-order valence-corrected chi connectivity index (χ1v) is 8.07. The third-order valence-electron chi connectivity index (χ3n) is 3.58. The Balaban J connectivity index is 1.97. The predicted octanol–water partition coefficient (Wildman–Crippen LogP) is 3.33. The van der Waals surface area contributed by atoms with Crippen molar-refractivity contribution in [2.45, 2.75) is 25.5 Å². The highest BCUT2D eigenvalue weighted by molar-refractivity contribution is 5.19. The molecule has 5 nitrogen and oxygen atoms in total. The average molecular weight is 327 g/mol. The maximum absolute atomic E-state index is 6.07. The van der Waals surface area contributed by atoms with Crippen LogP contribution in [-0.2, 0) is 6.54 Å². The van der Waals surface area contributed by atoms with Crippen molar-refractivity contribution in [3.05, 3.63) is 60.9 Å². The van der Waals surface area contributed by atoms with E-state index in [9.17, 15) is 0 Å². The third kappa shape index (κ3) is 6.01. The largest absolute Gasteiger partial charge is 0.481 e. The molecule has 1 atom stereocenters. The summed E-state index contributed by atoms with van der Waals surface area (Å²) in [6, 6.07) is 9.57. The molecular formula is C19H25N3O2.